The highest BCUT2D eigenvalue weighted by Gasteiger charge is 2.18. The van der Waals surface area contributed by atoms with E-state index in [0.717, 1.165) is 20.9 Å². The zero-order valence-corrected chi connectivity index (χ0v) is 15.8. The third-order valence-corrected chi connectivity index (χ3v) is 4.64. The van der Waals surface area contributed by atoms with Crippen molar-refractivity contribution in [2.24, 2.45) is 0 Å². The van der Waals surface area contributed by atoms with Crippen LogP contribution in [0.4, 0.5) is 5.69 Å². The molecule has 0 unspecified atom stereocenters. The summed E-state index contributed by atoms with van der Waals surface area (Å²) in [6, 6.07) is 19.0. The molecule has 0 heterocycles. The van der Waals surface area contributed by atoms with Gasteiger partial charge in [0.25, 0.3) is 5.91 Å². The van der Waals surface area contributed by atoms with E-state index in [-0.39, 0.29) is 11.0 Å². The molecule has 0 radical (unpaired) electrons. The van der Waals surface area contributed by atoms with Crippen LogP contribution in [0.2, 0.25) is 0 Å². The van der Waals surface area contributed by atoms with Crippen molar-refractivity contribution in [2.45, 2.75) is 0 Å². The van der Waals surface area contributed by atoms with Gasteiger partial charge in [-0.25, -0.2) is 0 Å². The van der Waals surface area contributed by atoms with Crippen LogP contribution < -0.4 is 15.4 Å². The molecule has 0 aromatic heterocycles. The summed E-state index contributed by atoms with van der Waals surface area (Å²) >= 11 is 8.75. The molecule has 0 fully saturated rings. The van der Waals surface area contributed by atoms with E-state index in [1.54, 1.807) is 6.07 Å². The number of carbonyl (C=O) groups is 1. The van der Waals surface area contributed by atoms with E-state index in [4.69, 9.17) is 17.0 Å². The molecule has 0 bridgehead atoms. The fourth-order valence-electron chi connectivity index (χ4n) is 2.51. The summed E-state index contributed by atoms with van der Waals surface area (Å²) in [6.07, 6.45) is 0. The Morgan fingerprint density at radius 3 is 2.48 bits per heavy atom. The van der Waals surface area contributed by atoms with Crippen molar-refractivity contribution >= 4 is 55.6 Å². The highest BCUT2D eigenvalue weighted by atomic mass is 79.9. The van der Waals surface area contributed by atoms with Gasteiger partial charge in [0.05, 0.1) is 17.1 Å². The lowest BCUT2D eigenvalue weighted by atomic mass is 10.1. The lowest BCUT2D eigenvalue weighted by Gasteiger charge is -2.14. The smallest absolute Gasteiger partial charge is 0.261 e. The molecule has 4 nitrogen and oxygen atoms in total. The molecular formula is C19H15BrN2O2S. The molecule has 126 valence electrons. The predicted molar refractivity (Wildman–Crippen MR) is 108 cm³/mol. The zero-order valence-electron chi connectivity index (χ0n) is 13.4. The van der Waals surface area contributed by atoms with Crippen LogP contribution >= 0.6 is 28.1 Å². The lowest BCUT2D eigenvalue weighted by molar-refractivity contribution is 0.0975. The molecular weight excluding hydrogens is 400 g/mol. The second-order valence-electron chi connectivity index (χ2n) is 5.27. The van der Waals surface area contributed by atoms with Gasteiger partial charge in [-0.3, -0.25) is 10.1 Å². The topological polar surface area (TPSA) is 50.4 Å². The van der Waals surface area contributed by atoms with Crippen LogP contribution in [-0.4, -0.2) is 18.1 Å². The van der Waals surface area contributed by atoms with Gasteiger partial charge in [-0.1, -0.05) is 42.5 Å². The molecule has 3 rings (SSSR count). The minimum Gasteiger partial charge on any atom is -0.495 e. The molecule has 1 amide bonds. The molecule has 3 aromatic rings. The van der Waals surface area contributed by atoms with Gasteiger partial charge in [-0.15, -0.1) is 0 Å². The first-order chi connectivity index (χ1) is 12.1. The maximum absolute atomic E-state index is 12.7. The van der Waals surface area contributed by atoms with E-state index >= 15 is 0 Å². The molecule has 0 spiro atoms. The molecule has 0 saturated carbocycles. The summed E-state index contributed by atoms with van der Waals surface area (Å²) in [4.78, 5) is 12.7. The van der Waals surface area contributed by atoms with Crippen LogP contribution in [0, 0.1) is 0 Å². The van der Waals surface area contributed by atoms with Crippen LogP contribution in [0.15, 0.2) is 65.1 Å². The number of amides is 1. The van der Waals surface area contributed by atoms with Crippen molar-refractivity contribution < 1.29 is 9.53 Å². The molecule has 0 aliphatic carbocycles. The Balaban J connectivity index is 1.87. The van der Waals surface area contributed by atoms with Gasteiger partial charge >= 0.3 is 0 Å². The van der Waals surface area contributed by atoms with Crippen LogP contribution in [-0.2, 0) is 0 Å². The Morgan fingerprint density at radius 2 is 1.76 bits per heavy atom. The Bertz CT molecular complexity index is 945. The number of hydrogen-bond acceptors (Lipinski definition) is 3. The van der Waals surface area contributed by atoms with Crippen molar-refractivity contribution in [2.75, 3.05) is 12.4 Å². The molecule has 0 aliphatic rings. The number of rotatable bonds is 3. The molecule has 3 aromatic carbocycles. The predicted octanol–water partition coefficient (Wildman–Crippen LogP) is 4.74. The maximum atomic E-state index is 12.7. The van der Waals surface area contributed by atoms with Crippen LogP contribution in [0.1, 0.15) is 10.4 Å². The average molecular weight is 415 g/mol. The Labute approximate surface area is 159 Å². The number of methoxy groups -OCH3 is 1. The van der Waals surface area contributed by atoms with Gasteiger partial charge in [0.2, 0.25) is 0 Å². The lowest BCUT2D eigenvalue weighted by Crippen LogP contribution is -2.34. The Morgan fingerprint density at radius 1 is 1.08 bits per heavy atom. The van der Waals surface area contributed by atoms with Gasteiger partial charge < -0.3 is 10.1 Å². The van der Waals surface area contributed by atoms with E-state index < -0.39 is 0 Å². The first kappa shape index (κ1) is 17.4. The van der Waals surface area contributed by atoms with Gasteiger partial charge in [0.1, 0.15) is 5.75 Å². The number of fused-ring (bicyclic) bond motifs is 1. The molecule has 25 heavy (non-hydrogen) atoms. The van der Waals surface area contributed by atoms with Gasteiger partial charge in [-0.05, 0) is 57.1 Å². The summed E-state index contributed by atoms with van der Waals surface area (Å²) < 4.78 is 6.17. The summed E-state index contributed by atoms with van der Waals surface area (Å²) in [5.74, 6) is 0.135. The number of ether oxygens (including phenoxy) is 1. The van der Waals surface area contributed by atoms with E-state index in [2.05, 4.69) is 26.6 Å². The minimum atomic E-state index is -0.336. The minimum absolute atomic E-state index is 0.225. The highest BCUT2D eigenvalue weighted by molar-refractivity contribution is 9.10. The van der Waals surface area contributed by atoms with Gasteiger partial charge in [0.15, 0.2) is 5.11 Å². The average Bonchev–Trinajstić information content (AvgIpc) is 2.62. The van der Waals surface area contributed by atoms with E-state index in [0.29, 0.717) is 11.3 Å². The number of carbonyl (C=O) groups excluding carboxylic acids is 1. The molecule has 2 N–H and O–H groups in total. The largest absolute Gasteiger partial charge is 0.495 e. The van der Waals surface area contributed by atoms with Crippen molar-refractivity contribution in [3.63, 3.8) is 0 Å². The van der Waals surface area contributed by atoms with Crippen LogP contribution in [0.5, 0.6) is 5.75 Å². The third-order valence-electron chi connectivity index (χ3n) is 3.65. The fourth-order valence-corrected chi connectivity index (χ4v) is 3.45. The molecule has 0 atom stereocenters. The van der Waals surface area contributed by atoms with E-state index in [9.17, 15) is 4.79 Å². The normalized spacial score (nSPS) is 10.3. The third kappa shape index (κ3) is 3.81. The first-order valence-corrected chi connectivity index (χ1v) is 8.73. The summed E-state index contributed by atoms with van der Waals surface area (Å²) in [5.41, 5.74) is 1.21. The number of para-hydroxylation sites is 1. The van der Waals surface area contributed by atoms with Crippen molar-refractivity contribution in [3.05, 3.63) is 70.7 Å². The maximum Gasteiger partial charge on any atom is 0.261 e. The Kier molecular flexibility index (Phi) is 5.31. The van der Waals surface area contributed by atoms with Crippen molar-refractivity contribution in [1.82, 2.24) is 5.32 Å². The zero-order chi connectivity index (χ0) is 17.8. The summed E-state index contributed by atoms with van der Waals surface area (Å²) in [6.45, 7) is 0. The highest BCUT2D eigenvalue weighted by Crippen LogP contribution is 2.36. The second kappa shape index (κ2) is 7.63. The summed E-state index contributed by atoms with van der Waals surface area (Å²) in [5, 5.41) is 7.80. The van der Waals surface area contributed by atoms with Crippen LogP contribution in [0.25, 0.3) is 10.8 Å². The fraction of sp³-hybridized carbons (Fsp3) is 0.0526. The van der Waals surface area contributed by atoms with Gasteiger partial charge in [0, 0.05) is 5.69 Å². The number of benzene rings is 3. The standard InChI is InChI=1S/C19H15BrN2O2S/c1-24-17-15(11-12-7-5-6-10-14(12)16(17)20)18(23)22-19(25)21-13-8-3-2-4-9-13/h2-11H,1H3,(H2,21,22,23,25). The molecule has 0 aliphatic heterocycles. The van der Waals surface area contributed by atoms with Gasteiger partial charge in [-0.2, -0.15) is 0 Å². The monoisotopic (exact) mass is 414 g/mol. The van der Waals surface area contributed by atoms with E-state index in [1.165, 1.54) is 7.11 Å². The van der Waals surface area contributed by atoms with E-state index in [1.807, 2.05) is 54.6 Å². The molecule has 6 heteroatoms. The second-order valence-corrected chi connectivity index (χ2v) is 6.47. The number of halogens is 1. The molecule has 0 saturated heterocycles. The van der Waals surface area contributed by atoms with Crippen LogP contribution in [0.3, 0.4) is 0 Å². The number of thiocarbonyl (C=S) groups is 1. The Hall–Kier alpha value is -2.44. The SMILES string of the molecule is COc1c(C(=O)NC(=S)Nc2ccccc2)cc2ccccc2c1Br. The number of nitrogens with one attached hydrogen (secondary N) is 2. The first-order valence-electron chi connectivity index (χ1n) is 7.52. The van der Waals surface area contributed by atoms with Crippen molar-refractivity contribution in [1.29, 1.82) is 0 Å². The quantitative estimate of drug-likeness (QED) is 0.607. The number of anilines is 1. The number of hydrogen-bond donors (Lipinski definition) is 2. The van der Waals surface area contributed by atoms with Crippen molar-refractivity contribution in [3.8, 4) is 5.75 Å². The summed E-state index contributed by atoms with van der Waals surface area (Å²) in [7, 11) is 1.53.